The SMILES string of the molecule is C[C@@H](CN)CC1CCCCO1. The normalized spacial score (nSPS) is 28.4. The summed E-state index contributed by atoms with van der Waals surface area (Å²) < 4.78 is 5.59. The van der Waals surface area contributed by atoms with Crippen LogP contribution in [0.4, 0.5) is 0 Å². The van der Waals surface area contributed by atoms with Crippen LogP contribution in [0.3, 0.4) is 0 Å². The largest absolute Gasteiger partial charge is 0.378 e. The minimum absolute atomic E-state index is 0.502. The number of hydrogen-bond donors (Lipinski definition) is 1. The predicted molar refractivity (Wildman–Crippen MR) is 46.4 cm³/mol. The van der Waals surface area contributed by atoms with Crippen LogP contribution in [0.1, 0.15) is 32.6 Å². The molecule has 1 heterocycles. The van der Waals surface area contributed by atoms with Crippen molar-refractivity contribution in [1.82, 2.24) is 0 Å². The number of nitrogens with two attached hydrogens (primary N) is 1. The maximum absolute atomic E-state index is 5.59. The fourth-order valence-electron chi connectivity index (χ4n) is 1.54. The first-order chi connectivity index (χ1) is 5.33. The van der Waals surface area contributed by atoms with Crippen molar-refractivity contribution in [2.75, 3.05) is 13.2 Å². The summed E-state index contributed by atoms with van der Waals surface area (Å²) in [6.07, 6.45) is 5.47. The second-order valence-electron chi connectivity index (χ2n) is 3.57. The molecule has 1 saturated heterocycles. The monoisotopic (exact) mass is 157 g/mol. The highest BCUT2D eigenvalue weighted by molar-refractivity contribution is 4.67. The molecule has 1 fully saturated rings. The highest BCUT2D eigenvalue weighted by atomic mass is 16.5. The Morgan fingerprint density at radius 2 is 2.36 bits per heavy atom. The molecule has 0 aromatic rings. The Morgan fingerprint density at radius 1 is 1.55 bits per heavy atom. The molecule has 0 aromatic carbocycles. The molecule has 0 spiro atoms. The molecule has 2 atom stereocenters. The van der Waals surface area contributed by atoms with E-state index in [0.717, 1.165) is 19.6 Å². The van der Waals surface area contributed by atoms with E-state index in [1.807, 2.05) is 0 Å². The van der Waals surface area contributed by atoms with Crippen LogP contribution in [0.2, 0.25) is 0 Å². The van der Waals surface area contributed by atoms with Gasteiger partial charge < -0.3 is 10.5 Å². The van der Waals surface area contributed by atoms with Gasteiger partial charge in [0.05, 0.1) is 6.10 Å². The highest BCUT2D eigenvalue weighted by Gasteiger charge is 2.15. The van der Waals surface area contributed by atoms with Gasteiger partial charge in [-0.2, -0.15) is 0 Å². The van der Waals surface area contributed by atoms with Crippen molar-refractivity contribution in [2.45, 2.75) is 38.7 Å². The van der Waals surface area contributed by atoms with Crippen LogP contribution < -0.4 is 5.73 Å². The number of hydrogen-bond acceptors (Lipinski definition) is 2. The van der Waals surface area contributed by atoms with Gasteiger partial charge in [-0.25, -0.2) is 0 Å². The van der Waals surface area contributed by atoms with E-state index in [0.29, 0.717) is 12.0 Å². The lowest BCUT2D eigenvalue weighted by atomic mass is 9.98. The molecule has 1 rings (SSSR count). The van der Waals surface area contributed by atoms with Crippen molar-refractivity contribution in [2.24, 2.45) is 11.7 Å². The van der Waals surface area contributed by atoms with Crippen molar-refractivity contribution < 1.29 is 4.74 Å². The van der Waals surface area contributed by atoms with E-state index in [9.17, 15) is 0 Å². The Bertz CT molecular complexity index is 99.7. The number of rotatable bonds is 3. The lowest BCUT2D eigenvalue weighted by molar-refractivity contribution is 0.00351. The fourth-order valence-corrected chi connectivity index (χ4v) is 1.54. The molecule has 1 aliphatic heterocycles. The van der Waals surface area contributed by atoms with Crippen LogP contribution in [-0.2, 0) is 4.74 Å². The van der Waals surface area contributed by atoms with Crippen molar-refractivity contribution in [3.05, 3.63) is 0 Å². The molecule has 0 radical (unpaired) electrons. The first kappa shape index (κ1) is 9.01. The molecule has 11 heavy (non-hydrogen) atoms. The Kier molecular flexibility index (Phi) is 3.87. The Morgan fingerprint density at radius 3 is 2.91 bits per heavy atom. The zero-order chi connectivity index (χ0) is 8.10. The highest BCUT2D eigenvalue weighted by Crippen LogP contribution is 2.18. The second kappa shape index (κ2) is 4.73. The van der Waals surface area contributed by atoms with E-state index in [-0.39, 0.29) is 0 Å². The average molecular weight is 157 g/mol. The first-order valence-corrected chi connectivity index (χ1v) is 4.64. The molecule has 0 amide bonds. The predicted octanol–water partition coefficient (Wildman–Crippen LogP) is 1.54. The summed E-state index contributed by atoms with van der Waals surface area (Å²) in [6, 6.07) is 0. The minimum Gasteiger partial charge on any atom is -0.378 e. The van der Waals surface area contributed by atoms with Crippen LogP contribution in [0.5, 0.6) is 0 Å². The minimum atomic E-state index is 0.502. The van der Waals surface area contributed by atoms with E-state index >= 15 is 0 Å². The van der Waals surface area contributed by atoms with Crippen LogP contribution in [0, 0.1) is 5.92 Å². The zero-order valence-corrected chi connectivity index (χ0v) is 7.38. The van der Waals surface area contributed by atoms with Gasteiger partial charge in [-0.15, -0.1) is 0 Å². The van der Waals surface area contributed by atoms with E-state index in [2.05, 4.69) is 6.92 Å². The zero-order valence-electron chi connectivity index (χ0n) is 7.38. The molecule has 0 aromatic heterocycles. The van der Waals surface area contributed by atoms with E-state index in [1.165, 1.54) is 19.3 Å². The van der Waals surface area contributed by atoms with Crippen LogP contribution in [-0.4, -0.2) is 19.3 Å². The molecule has 66 valence electrons. The molecule has 0 bridgehead atoms. The molecule has 0 aliphatic carbocycles. The van der Waals surface area contributed by atoms with Crippen molar-refractivity contribution in [3.8, 4) is 0 Å². The van der Waals surface area contributed by atoms with Gasteiger partial charge in [-0.1, -0.05) is 6.92 Å². The van der Waals surface area contributed by atoms with Gasteiger partial charge in [0.2, 0.25) is 0 Å². The third kappa shape index (κ3) is 3.21. The molecular weight excluding hydrogens is 138 g/mol. The van der Waals surface area contributed by atoms with Gasteiger partial charge in [-0.05, 0) is 38.1 Å². The fraction of sp³-hybridized carbons (Fsp3) is 1.00. The van der Waals surface area contributed by atoms with E-state index in [1.54, 1.807) is 0 Å². The quantitative estimate of drug-likeness (QED) is 0.674. The lowest BCUT2D eigenvalue weighted by Crippen LogP contribution is -2.24. The second-order valence-corrected chi connectivity index (χ2v) is 3.57. The first-order valence-electron chi connectivity index (χ1n) is 4.64. The Labute approximate surface area is 69.1 Å². The Hall–Kier alpha value is -0.0800. The summed E-state index contributed by atoms with van der Waals surface area (Å²) in [4.78, 5) is 0. The standard InChI is InChI=1S/C9H19NO/c1-8(7-10)6-9-4-2-3-5-11-9/h8-9H,2-7,10H2,1H3/t8-,9?/m1/s1. The van der Waals surface area contributed by atoms with Gasteiger partial charge in [0.1, 0.15) is 0 Å². The lowest BCUT2D eigenvalue weighted by Gasteiger charge is -2.24. The Balaban J connectivity index is 2.13. The van der Waals surface area contributed by atoms with Gasteiger partial charge >= 0.3 is 0 Å². The molecule has 1 aliphatic rings. The van der Waals surface area contributed by atoms with E-state index in [4.69, 9.17) is 10.5 Å². The average Bonchev–Trinajstić information content (AvgIpc) is 2.06. The molecule has 2 nitrogen and oxygen atoms in total. The van der Waals surface area contributed by atoms with Crippen LogP contribution in [0.25, 0.3) is 0 Å². The van der Waals surface area contributed by atoms with Crippen LogP contribution >= 0.6 is 0 Å². The summed E-state index contributed by atoms with van der Waals surface area (Å²) in [5.74, 6) is 0.623. The topological polar surface area (TPSA) is 35.2 Å². The summed E-state index contributed by atoms with van der Waals surface area (Å²) in [7, 11) is 0. The molecule has 2 N–H and O–H groups in total. The van der Waals surface area contributed by atoms with Crippen LogP contribution in [0.15, 0.2) is 0 Å². The maximum atomic E-state index is 5.59. The molecule has 2 heteroatoms. The van der Waals surface area contributed by atoms with Crippen molar-refractivity contribution in [3.63, 3.8) is 0 Å². The third-order valence-electron chi connectivity index (χ3n) is 2.34. The summed E-state index contributed by atoms with van der Waals surface area (Å²) in [6.45, 7) is 3.94. The maximum Gasteiger partial charge on any atom is 0.0578 e. The van der Waals surface area contributed by atoms with E-state index < -0.39 is 0 Å². The summed E-state index contributed by atoms with van der Waals surface area (Å²) >= 11 is 0. The number of ether oxygens (including phenoxy) is 1. The van der Waals surface area contributed by atoms with Crippen molar-refractivity contribution >= 4 is 0 Å². The molecular formula is C9H19NO. The summed E-state index contributed by atoms with van der Waals surface area (Å²) in [5.41, 5.74) is 5.53. The molecule has 0 saturated carbocycles. The smallest absolute Gasteiger partial charge is 0.0578 e. The van der Waals surface area contributed by atoms with Gasteiger partial charge in [-0.3, -0.25) is 0 Å². The van der Waals surface area contributed by atoms with Gasteiger partial charge in [0.25, 0.3) is 0 Å². The van der Waals surface area contributed by atoms with Gasteiger partial charge in [0, 0.05) is 6.61 Å². The van der Waals surface area contributed by atoms with Crippen molar-refractivity contribution in [1.29, 1.82) is 0 Å². The van der Waals surface area contributed by atoms with Gasteiger partial charge in [0.15, 0.2) is 0 Å². The third-order valence-corrected chi connectivity index (χ3v) is 2.34. The summed E-state index contributed by atoms with van der Waals surface area (Å²) in [5, 5.41) is 0. The molecule has 1 unspecified atom stereocenters.